The topological polar surface area (TPSA) is 42.0 Å². The van der Waals surface area contributed by atoms with Crippen LogP contribution in [0.15, 0.2) is 42.0 Å². The number of carbonyl (C=O) groups excluding carboxylic acids is 1. The maximum absolute atomic E-state index is 11.6. The van der Waals surface area contributed by atoms with Crippen LogP contribution in [0.5, 0.6) is 0 Å². The van der Waals surface area contributed by atoms with Gasteiger partial charge in [0.25, 0.3) is 0 Å². The quantitative estimate of drug-likeness (QED) is 0.880. The van der Waals surface area contributed by atoms with Crippen molar-refractivity contribution >= 4 is 22.9 Å². The SMILES string of the molecule is O=C(CCCc1cccs1)Nc1ccncc1. The Morgan fingerprint density at radius 2 is 2.12 bits per heavy atom. The summed E-state index contributed by atoms with van der Waals surface area (Å²) in [6, 6.07) is 7.72. The Kier molecular flexibility index (Phi) is 4.27. The first-order chi connectivity index (χ1) is 8.34. The number of anilines is 1. The van der Waals surface area contributed by atoms with Crippen LogP contribution in [-0.4, -0.2) is 10.9 Å². The number of nitrogens with one attached hydrogen (secondary N) is 1. The number of aryl methyl sites for hydroxylation is 1. The molecule has 0 radical (unpaired) electrons. The van der Waals surface area contributed by atoms with E-state index < -0.39 is 0 Å². The highest BCUT2D eigenvalue weighted by Crippen LogP contribution is 2.12. The molecule has 0 saturated carbocycles. The lowest BCUT2D eigenvalue weighted by Gasteiger charge is -2.03. The van der Waals surface area contributed by atoms with Crippen LogP contribution < -0.4 is 5.32 Å². The van der Waals surface area contributed by atoms with Gasteiger partial charge in [-0.3, -0.25) is 9.78 Å². The molecule has 3 nitrogen and oxygen atoms in total. The minimum atomic E-state index is 0.0627. The van der Waals surface area contributed by atoms with Gasteiger partial charge in [-0.2, -0.15) is 0 Å². The van der Waals surface area contributed by atoms with Crippen molar-refractivity contribution in [3.8, 4) is 0 Å². The normalized spacial score (nSPS) is 10.1. The maximum atomic E-state index is 11.6. The van der Waals surface area contributed by atoms with Gasteiger partial charge in [0.1, 0.15) is 0 Å². The van der Waals surface area contributed by atoms with Crippen LogP contribution in [0.25, 0.3) is 0 Å². The zero-order valence-corrected chi connectivity index (χ0v) is 10.2. The van der Waals surface area contributed by atoms with Crippen molar-refractivity contribution in [3.63, 3.8) is 0 Å². The molecule has 0 aliphatic carbocycles. The van der Waals surface area contributed by atoms with Gasteiger partial charge in [0.15, 0.2) is 0 Å². The van der Waals surface area contributed by atoms with Gasteiger partial charge in [0.05, 0.1) is 0 Å². The van der Waals surface area contributed by atoms with Gasteiger partial charge in [-0.15, -0.1) is 11.3 Å². The highest BCUT2D eigenvalue weighted by molar-refractivity contribution is 7.09. The fourth-order valence-electron chi connectivity index (χ4n) is 1.54. The molecule has 0 aliphatic rings. The molecule has 0 saturated heterocycles. The molecule has 2 aromatic rings. The molecule has 0 aliphatic heterocycles. The van der Waals surface area contributed by atoms with E-state index in [1.54, 1.807) is 35.9 Å². The molecule has 88 valence electrons. The largest absolute Gasteiger partial charge is 0.326 e. The number of nitrogens with zero attached hydrogens (tertiary/aromatic N) is 1. The number of carbonyl (C=O) groups is 1. The van der Waals surface area contributed by atoms with E-state index >= 15 is 0 Å². The zero-order valence-electron chi connectivity index (χ0n) is 9.43. The van der Waals surface area contributed by atoms with Gasteiger partial charge >= 0.3 is 0 Å². The highest BCUT2D eigenvalue weighted by Gasteiger charge is 2.02. The van der Waals surface area contributed by atoms with Crippen LogP contribution in [0, 0.1) is 0 Å². The molecule has 17 heavy (non-hydrogen) atoms. The lowest BCUT2D eigenvalue weighted by molar-refractivity contribution is -0.116. The molecular formula is C13H14N2OS. The average molecular weight is 246 g/mol. The molecule has 4 heteroatoms. The molecule has 2 aromatic heterocycles. The van der Waals surface area contributed by atoms with Crippen molar-refractivity contribution in [2.24, 2.45) is 0 Å². The molecule has 0 unspecified atom stereocenters. The third-order valence-electron chi connectivity index (χ3n) is 2.37. The Balaban J connectivity index is 1.71. The van der Waals surface area contributed by atoms with Gasteiger partial charge in [0.2, 0.25) is 5.91 Å². The predicted octanol–water partition coefficient (Wildman–Crippen LogP) is 3.10. The van der Waals surface area contributed by atoms with Gasteiger partial charge in [0, 0.05) is 29.4 Å². The number of aromatic nitrogens is 1. The Labute approximate surface area is 105 Å². The Morgan fingerprint density at radius 1 is 1.29 bits per heavy atom. The van der Waals surface area contributed by atoms with Crippen molar-refractivity contribution in [1.82, 2.24) is 4.98 Å². The van der Waals surface area contributed by atoms with Crippen LogP contribution in [0.3, 0.4) is 0 Å². The molecule has 0 fully saturated rings. The van der Waals surface area contributed by atoms with E-state index in [1.807, 2.05) is 6.07 Å². The van der Waals surface area contributed by atoms with Crippen LogP contribution in [0.4, 0.5) is 5.69 Å². The molecule has 2 rings (SSSR count). The van der Waals surface area contributed by atoms with E-state index in [9.17, 15) is 4.79 Å². The number of hydrogen-bond acceptors (Lipinski definition) is 3. The minimum Gasteiger partial charge on any atom is -0.326 e. The molecule has 0 bridgehead atoms. The van der Waals surface area contributed by atoms with E-state index in [4.69, 9.17) is 0 Å². The number of hydrogen-bond donors (Lipinski definition) is 1. The first-order valence-electron chi connectivity index (χ1n) is 5.57. The summed E-state index contributed by atoms with van der Waals surface area (Å²) in [4.78, 5) is 16.8. The molecule has 0 spiro atoms. The predicted molar refractivity (Wildman–Crippen MR) is 70.1 cm³/mol. The number of amides is 1. The van der Waals surface area contributed by atoms with Crippen LogP contribution >= 0.6 is 11.3 Å². The number of pyridine rings is 1. The summed E-state index contributed by atoms with van der Waals surface area (Å²) in [5.74, 6) is 0.0627. The zero-order chi connectivity index (χ0) is 11.9. The minimum absolute atomic E-state index is 0.0627. The van der Waals surface area contributed by atoms with Gasteiger partial charge in [-0.1, -0.05) is 6.07 Å². The molecule has 1 N–H and O–H groups in total. The lowest BCUT2D eigenvalue weighted by Crippen LogP contribution is -2.11. The van der Waals surface area contributed by atoms with E-state index in [-0.39, 0.29) is 5.91 Å². The molecule has 2 heterocycles. The first kappa shape index (κ1) is 11.8. The van der Waals surface area contributed by atoms with Gasteiger partial charge < -0.3 is 5.32 Å². The second-order valence-electron chi connectivity index (χ2n) is 3.72. The second kappa shape index (κ2) is 6.15. The fourth-order valence-corrected chi connectivity index (χ4v) is 2.29. The van der Waals surface area contributed by atoms with Crippen LogP contribution in [-0.2, 0) is 11.2 Å². The highest BCUT2D eigenvalue weighted by atomic mass is 32.1. The monoisotopic (exact) mass is 246 g/mol. The van der Waals surface area contributed by atoms with Crippen molar-refractivity contribution in [2.75, 3.05) is 5.32 Å². The molecular weight excluding hydrogens is 232 g/mol. The summed E-state index contributed by atoms with van der Waals surface area (Å²) < 4.78 is 0. The fraction of sp³-hybridized carbons (Fsp3) is 0.231. The number of rotatable bonds is 5. The summed E-state index contributed by atoms with van der Waals surface area (Å²) in [5, 5.41) is 4.91. The third-order valence-corrected chi connectivity index (χ3v) is 3.31. The lowest BCUT2D eigenvalue weighted by atomic mass is 10.2. The van der Waals surface area contributed by atoms with E-state index in [2.05, 4.69) is 21.7 Å². The molecule has 0 aromatic carbocycles. The standard InChI is InChI=1S/C13H14N2OS/c16-13(15-11-6-8-14-9-7-11)5-1-3-12-4-2-10-17-12/h2,4,6-10H,1,3,5H2,(H,14,15,16). The van der Waals surface area contributed by atoms with Gasteiger partial charge in [-0.25, -0.2) is 0 Å². The second-order valence-corrected chi connectivity index (χ2v) is 4.75. The smallest absolute Gasteiger partial charge is 0.224 e. The van der Waals surface area contributed by atoms with Crippen molar-refractivity contribution in [1.29, 1.82) is 0 Å². The van der Waals surface area contributed by atoms with Gasteiger partial charge in [-0.05, 0) is 36.4 Å². The third kappa shape index (κ3) is 4.00. The summed E-state index contributed by atoms with van der Waals surface area (Å²) in [6.45, 7) is 0. The van der Waals surface area contributed by atoms with E-state index in [0.717, 1.165) is 18.5 Å². The Morgan fingerprint density at radius 3 is 2.82 bits per heavy atom. The summed E-state index contributed by atoms with van der Waals surface area (Å²) in [5.41, 5.74) is 0.807. The summed E-state index contributed by atoms with van der Waals surface area (Å²) in [6.07, 6.45) is 5.75. The summed E-state index contributed by atoms with van der Waals surface area (Å²) in [7, 11) is 0. The van der Waals surface area contributed by atoms with Crippen LogP contribution in [0.1, 0.15) is 17.7 Å². The van der Waals surface area contributed by atoms with Crippen molar-refractivity contribution in [2.45, 2.75) is 19.3 Å². The number of thiophene rings is 1. The summed E-state index contributed by atoms with van der Waals surface area (Å²) >= 11 is 1.74. The van der Waals surface area contributed by atoms with E-state index in [0.29, 0.717) is 6.42 Å². The maximum Gasteiger partial charge on any atom is 0.224 e. The first-order valence-corrected chi connectivity index (χ1v) is 6.45. The van der Waals surface area contributed by atoms with Crippen LogP contribution in [0.2, 0.25) is 0 Å². The molecule has 1 amide bonds. The Bertz CT molecular complexity index is 454. The Hall–Kier alpha value is -1.68. The van der Waals surface area contributed by atoms with Crippen molar-refractivity contribution < 1.29 is 4.79 Å². The van der Waals surface area contributed by atoms with Crippen molar-refractivity contribution in [3.05, 3.63) is 46.9 Å². The average Bonchev–Trinajstić information content (AvgIpc) is 2.83. The van der Waals surface area contributed by atoms with E-state index in [1.165, 1.54) is 4.88 Å². The molecule has 0 atom stereocenters.